The second-order valence-electron chi connectivity index (χ2n) is 3.94. The molecule has 1 aromatic rings. The van der Waals surface area contributed by atoms with Crippen LogP contribution in [-0.2, 0) is 13.2 Å². The van der Waals surface area contributed by atoms with Gasteiger partial charge >= 0.3 is 0 Å². The SMILES string of the molecule is CC1(NCc2ccc(CO)o2)CC1. The number of furan rings is 1. The van der Waals surface area contributed by atoms with Gasteiger partial charge in [0.25, 0.3) is 0 Å². The van der Waals surface area contributed by atoms with E-state index in [1.807, 2.05) is 12.1 Å². The Morgan fingerprint density at radius 3 is 2.69 bits per heavy atom. The van der Waals surface area contributed by atoms with E-state index in [9.17, 15) is 0 Å². The molecule has 1 heterocycles. The Labute approximate surface area is 77.8 Å². The van der Waals surface area contributed by atoms with Crippen LogP contribution < -0.4 is 5.32 Å². The highest BCUT2D eigenvalue weighted by Gasteiger charge is 2.36. The smallest absolute Gasteiger partial charge is 0.129 e. The zero-order valence-electron chi connectivity index (χ0n) is 7.84. The highest BCUT2D eigenvalue weighted by atomic mass is 16.4. The molecule has 0 saturated heterocycles. The molecule has 0 aromatic carbocycles. The van der Waals surface area contributed by atoms with Crippen molar-refractivity contribution in [1.82, 2.24) is 5.32 Å². The number of hydrogen-bond acceptors (Lipinski definition) is 3. The third kappa shape index (κ3) is 2.11. The molecule has 0 radical (unpaired) electrons. The molecule has 0 unspecified atom stereocenters. The van der Waals surface area contributed by atoms with Crippen LogP contribution >= 0.6 is 0 Å². The zero-order valence-corrected chi connectivity index (χ0v) is 7.84. The number of hydrogen-bond donors (Lipinski definition) is 2. The molecule has 3 nitrogen and oxygen atoms in total. The van der Waals surface area contributed by atoms with Crippen molar-refractivity contribution in [3.05, 3.63) is 23.7 Å². The Morgan fingerprint density at radius 1 is 1.46 bits per heavy atom. The Kier molecular flexibility index (Phi) is 2.14. The van der Waals surface area contributed by atoms with Crippen LogP contribution in [0.25, 0.3) is 0 Å². The summed E-state index contributed by atoms with van der Waals surface area (Å²) in [6.45, 7) is 2.96. The van der Waals surface area contributed by atoms with Gasteiger partial charge < -0.3 is 14.8 Å². The van der Waals surface area contributed by atoms with Gasteiger partial charge in [-0.25, -0.2) is 0 Å². The molecule has 1 saturated carbocycles. The van der Waals surface area contributed by atoms with E-state index in [1.165, 1.54) is 12.8 Å². The van der Waals surface area contributed by atoms with Crippen molar-refractivity contribution < 1.29 is 9.52 Å². The molecule has 1 fully saturated rings. The predicted octanol–water partition coefficient (Wildman–Crippen LogP) is 1.41. The maximum atomic E-state index is 8.78. The molecule has 0 bridgehead atoms. The standard InChI is InChI=1S/C10H15NO2/c1-10(4-5-10)11-6-8-2-3-9(7-12)13-8/h2-3,11-12H,4-7H2,1H3. The van der Waals surface area contributed by atoms with E-state index < -0.39 is 0 Å². The minimum absolute atomic E-state index is 0.0166. The van der Waals surface area contributed by atoms with E-state index in [1.54, 1.807) is 0 Å². The third-order valence-electron chi connectivity index (χ3n) is 2.56. The molecule has 13 heavy (non-hydrogen) atoms. The first kappa shape index (κ1) is 8.78. The lowest BCUT2D eigenvalue weighted by molar-refractivity contribution is 0.242. The average Bonchev–Trinajstić information content (AvgIpc) is 2.69. The first-order chi connectivity index (χ1) is 6.22. The largest absolute Gasteiger partial charge is 0.462 e. The fraction of sp³-hybridized carbons (Fsp3) is 0.600. The topological polar surface area (TPSA) is 45.4 Å². The van der Waals surface area contributed by atoms with E-state index in [0.29, 0.717) is 11.3 Å². The van der Waals surface area contributed by atoms with Crippen molar-refractivity contribution in [1.29, 1.82) is 0 Å². The Morgan fingerprint density at radius 2 is 2.15 bits per heavy atom. The van der Waals surface area contributed by atoms with E-state index >= 15 is 0 Å². The molecule has 1 aliphatic rings. The zero-order chi connectivity index (χ0) is 9.31. The van der Waals surface area contributed by atoms with Gasteiger partial charge in [0.05, 0.1) is 6.54 Å². The van der Waals surface area contributed by atoms with Gasteiger partial charge in [-0.3, -0.25) is 0 Å². The summed E-state index contributed by atoms with van der Waals surface area (Å²) in [5.74, 6) is 1.54. The van der Waals surface area contributed by atoms with Crippen LogP contribution in [-0.4, -0.2) is 10.6 Å². The summed E-state index contributed by atoms with van der Waals surface area (Å²) >= 11 is 0. The Balaban J connectivity index is 1.87. The molecule has 0 spiro atoms. The normalized spacial score (nSPS) is 18.9. The highest BCUT2D eigenvalue weighted by Crippen LogP contribution is 2.34. The maximum Gasteiger partial charge on any atom is 0.129 e. The average molecular weight is 181 g/mol. The van der Waals surface area contributed by atoms with Crippen LogP contribution in [0.1, 0.15) is 31.3 Å². The molecule has 0 aliphatic heterocycles. The van der Waals surface area contributed by atoms with Gasteiger partial charge in [-0.05, 0) is 31.9 Å². The first-order valence-corrected chi connectivity index (χ1v) is 4.65. The summed E-state index contributed by atoms with van der Waals surface area (Å²) in [6, 6.07) is 3.72. The fourth-order valence-corrected chi connectivity index (χ4v) is 1.27. The molecular weight excluding hydrogens is 166 g/mol. The lowest BCUT2D eigenvalue weighted by Gasteiger charge is -2.08. The lowest BCUT2D eigenvalue weighted by atomic mass is 10.3. The number of aliphatic hydroxyl groups is 1. The summed E-state index contributed by atoms with van der Waals surface area (Å²) in [5, 5.41) is 12.2. The van der Waals surface area contributed by atoms with Crippen LogP contribution in [0.15, 0.2) is 16.5 Å². The van der Waals surface area contributed by atoms with E-state index in [-0.39, 0.29) is 6.61 Å². The summed E-state index contributed by atoms with van der Waals surface area (Å²) < 4.78 is 5.34. The monoisotopic (exact) mass is 181 g/mol. The first-order valence-electron chi connectivity index (χ1n) is 4.65. The summed E-state index contributed by atoms with van der Waals surface area (Å²) in [7, 11) is 0. The number of nitrogens with one attached hydrogen (secondary N) is 1. The van der Waals surface area contributed by atoms with Crippen LogP contribution in [0.2, 0.25) is 0 Å². The summed E-state index contributed by atoms with van der Waals surface area (Å²) in [4.78, 5) is 0. The van der Waals surface area contributed by atoms with Crippen LogP contribution in [0.4, 0.5) is 0 Å². The third-order valence-corrected chi connectivity index (χ3v) is 2.56. The predicted molar refractivity (Wildman–Crippen MR) is 49.1 cm³/mol. The van der Waals surface area contributed by atoms with Gasteiger partial charge in [0.2, 0.25) is 0 Å². The quantitative estimate of drug-likeness (QED) is 0.738. The minimum atomic E-state index is -0.0166. The summed E-state index contributed by atoms with van der Waals surface area (Å²) in [6.07, 6.45) is 2.50. The molecule has 0 amide bonds. The van der Waals surface area contributed by atoms with Crippen molar-refractivity contribution in [2.75, 3.05) is 0 Å². The van der Waals surface area contributed by atoms with Gasteiger partial charge in [-0.2, -0.15) is 0 Å². The van der Waals surface area contributed by atoms with Crippen LogP contribution in [0, 0.1) is 0 Å². The molecular formula is C10H15NO2. The summed E-state index contributed by atoms with van der Waals surface area (Å²) in [5.41, 5.74) is 0.339. The second kappa shape index (κ2) is 3.16. The van der Waals surface area contributed by atoms with Gasteiger partial charge in [-0.15, -0.1) is 0 Å². The number of rotatable bonds is 4. The minimum Gasteiger partial charge on any atom is -0.462 e. The molecule has 1 aliphatic carbocycles. The molecule has 2 rings (SSSR count). The van der Waals surface area contributed by atoms with Crippen LogP contribution in [0.5, 0.6) is 0 Å². The second-order valence-corrected chi connectivity index (χ2v) is 3.94. The van der Waals surface area contributed by atoms with Gasteiger partial charge in [0.1, 0.15) is 18.1 Å². The van der Waals surface area contributed by atoms with Crippen molar-refractivity contribution in [2.24, 2.45) is 0 Å². The van der Waals surface area contributed by atoms with Crippen molar-refractivity contribution in [3.8, 4) is 0 Å². The van der Waals surface area contributed by atoms with E-state index in [4.69, 9.17) is 9.52 Å². The molecule has 72 valence electrons. The fourth-order valence-electron chi connectivity index (χ4n) is 1.27. The van der Waals surface area contributed by atoms with E-state index in [0.717, 1.165) is 12.3 Å². The van der Waals surface area contributed by atoms with Gasteiger partial charge in [0.15, 0.2) is 0 Å². The molecule has 1 aromatic heterocycles. The lowest BCUT2D eigenvalue weighted by Crippen LogP contribution is -2.26. The number of aliphatic hydroxyl groups excluding tert-OH is 1. The van der Waals surface area contributed by atoms with Crippen molar-refractivity contribution in [3.63, 3.8) is 0 Å². The Bertz CT molecular complexity index is 289. The highest BCUT2D eigenvalue weighted by molar-refractivity contribution is 5.08. The van der Waals surface area contributed by atoms with Gasteiger partial charge in [0, 0.05) is 5.54 Å². The molecule has 2 N–H and O–H groups in total. The van der Waals surface area contributed by atoms with Crippen LogP contribution in [0.3, 0.4) is 0 Å². The maximum absolute atomic E-state index is 8.78. The van der Waals surface area contributed by atoms with Crippen molar-refractivity contribution >= 4 is 0 Å². The molecule has 0 atom stereocenters. The van der Waals surface area contributed by atoms with Crippen molar-refractivity contribution in [2.45, 2.75) is 38.5 Å². The molecule has 3 heteroatoms. The van der Waals surface area contributed by atoms with Gasteiger partial charge in [-0.1, -0.05) is 0 Å². The van der Waals surface area contributed by atoms with E-state index in [2.05, 4.69) is 12.2 Å². The Hall–Kier alpha value is -0.800.